The number of hydrogen-bond donors (Lipinski definition) is 2. The fourth-order valence-corrected chi connectivity index (χ4v) is 7.46. The monoisotopic (exact) mass is 422 g/mol. The molecule has 3 aliphatic carbocycles. The third-order valence-electron chi connectivity index (χ3n) is 9.24. The molecule has 5 nitrogen and oxygen atoms in total. The molecule has 0 amide bonds. The van der Waals surface area contributed by atoms with E-state index in [-0.39, 0.29) is 17.4 Å². The molecule has 4 unspecified atom stereocenters. The van der Waals surface area contributed by atoms with Gasteiger partial charge >= 0.3 is 5.97 Å². The van der Waals surface area contributed by atoms with Gasteiger partial charge in [-0.3, -0.25) is 4.79 Å². The molecule has 0 radical (unpaired) electrons. The van der Waals surface area contributed by atoms with Crippen molar-refractivity contribution in [2.24, 2.45) is 40.4 Å². The number of fused-ring (bicyclic) bond motifs is 3. The zero-order valence-electron chi connectivity index (χ0n) is 19.5. The number of carbonyl (C=O) groups excluding carboxylic acids is 2. The maximum Gasteiger partial charge on any atom is 0.338 e. The van der Waals surface area contributed by atoms with Crippen molar-refractivity contribution in [3.05, 3.63) is 0 Å². The van der Waals surface area contributed by atoms with E-state index in [1.807, 2.05) is 0 Å². The maximum atomic E-state index is 12.3. The van der Waals surface area contributed by atoms with Gasteiger partial charge in [-0.15, -0.1) is 0 Å². The standard InChI is InChI=1S/C25H42O5/c1-15(2)17-7-9-19-18(13-17)8-10-20-24(4,11-6-12-25(19,20)5)14-30-23(29)22(28)21(27)16(3)26/h15,17-22,27-28H,6-14H2,1-5H3/t17?,18?,19?,20?,21-,22+,24+,25-/m0/s1. The lowest BCUT2D eigenvalue weighted by molar-refractivity contribution is -0.176. The molecule has 2 N–H and O–H groups in total. The molecule has 0 aromatic carbocycles. The van der Waals surface area contributed by atoms with Crippen LogP contribution in [0, 0.1) is 40.4 Å². The number of ketones is 1. The summed E-state index contributed by atoms with van der Waals surface area (Å²) in [5, 5.41) is 19.6. The van der Waals surface area contributed by atoms with Crippen LogP contribution in [-0.4, -0.2) is 40.8 Å². The Morgan fingerprint density at radius 1 is 1.03 bits per heavy atom. The van der Waals surface area contributed by atoms with Crippen molar-refractivity contribution in [2.45, 2.75) is 98.2 Å². The first-order valence-corrected chi connectivity index (χ1v) is 12.0. The molecule has 0 heterocycles. The number of carbonyl (C=O) groups is 2. The summed E-state index contributed by atoms with van der Waals surface area (Å²) in [6.07, 6.45) is 6.34. The smallest absolute Gasteiger partial charge is 0.338 e. The number of hydrogen-bond acceptors (Lipinski definition) is 5. The van der Waals surface area contributed by atoms with Gasteiger partial charge in [0.25, 0.3) is 0 Å². The van der Waals surface area contributed by atoms with Gasteiger partial charge in [0.2, 0.25) is 0 Å². The van der Waals surface area contributed by atoms with E-state index in [0.29, 0.717) is 5.92 Å². The average molecular weight is 423 g/mol. The van der Waals surface area contributed by atoms with E-state index < -0.39 is 24.0 Å². The fourth-order valence-electron chi connectivity index (χ4n) is 7.46. The van der Waals surface area contributed by atoms with Crippen LogP contribution in [0.15, 0.2) is 0 Å². The zero-order chi connectivity index (χ0) is 22.3. The predicted octanol–water partition coefficient (Wildman–Crippen LogP) is 4.14. The molecule has 0 aromatic rings. The van der Waals surface area contributed by atoms with E-state index in [9.17, 15) is 19.8 Å². The fraction of sp³-hybridized carbons (Fsp3) is 0.920. The minimum atomic E-state index is -1.80. The number of rotatable bonds is 6. The molecular formula is C25H42O5. The molecule has 0 bridgehead atoms. The Bertz CT molecular complexity index is 645. The van der Waals surface area contributed by atoms with Crippen LogP contribution in [-0.2, 0) is 14.3 Å². The van der Waals surface area contributed by atoms with Crippen LogP contribution >= 0.6 is 0 Å². The van der Waals surface area contributed by atoms with Gasteiger partial charge in [0.1, 0.15) is 6.10 Å². The Labute approximate surface area is 182 Å². The van der Waals surface area contributed by atoms with Crippen molar-refractivity contribution in [1.82, 2.24) is 0 Å². The highest BCUT2D eigenvalue weighted by Crippen LogP contribution is 2.64. The summed E-state index contributed by atoms with van der Waals surface area (Å²) in [6.45, 7) is 10.8. The second kappa shape index (κ2) is 8.90. The summed E-state index contributed by atoms with van der Waals surface area (Å²) in [6, 6.07) is 0. The van der Waals surface area contributed by atoms with Gasteiger partial charge < -0.3 is 14.9 Å². The summed E-state index contributed by atoms with van der Waals surface area (Å²) in [5.41, 5.74) is 0.158. The van der Waals surface area contributed by atoms with Gasteiger partial charge in [0, 0.05) is 5.41 Å². The third-order valence-corrected chi connectivity index (χ3v) is 9.24. The Morgan fingerprint density at radius 2 is 1.73 bits per heavy atom. The van der Waals surface area contributed by atoms with Crippen molar-refractivity contribution in [3.63, 3.8) is 0 Å². The molecule has 3 fully saturated rings. The van der Waals surface area contributed by atoms with E-state index >= 15 is 0 Å². The first kappa shape index (κ1) is 23.7. The molecule has 3 saturated carbocycles. The quantitative estimate of drug-likeness (QED) is 0.629. The summed E-state index contributed by atoms with van der Waals surface area (Å²) < 4.78 is 5.50. The summed E-state index contributed by atoms with van der Waals surface area (Å²) >= 11 is 0. The topological polar surface area (TPSA) is 83.8 Å². The van der Waals surface area contributed by atoms with Crippen LogP contribution < -0.4 is 0 Å². The lowest BCUT2D eigenvalue weighted by Crippen LogP contribution is -2.55. The second-order valence-corrected chi connectivity index (χ2v) is 11.4. The molecule has 0 spiro atoms. The van der Waals surface area contributed by atoms with Gasteiger partial charge in [-0.1, -0.05) is 34.1 Å². The molecule has 172 valence electrons. The Kier molecular flexibility index (Phi) is 7.03. The van der Waals surface area contributed by atoms with Crippen LogP contribution in [0.5, 0.6) is 0 Å². The van der Waals surface area contributed by atoms with Crippen molar-refractivity contribution in [3.8, 4) is 0 Å². The van der Waals surface area contributed by atoms with E-state index in [0.717, 1.165) is 43.4 Å². The largest absolute Gasteiger partial charge is 0.463 e. The lowest BCUT2D eigenvalue weighted by Gasteiger charge is -2.61. The Balaban J connectivity index is 1.69. The van der Waals surface area contributed by atoms with Crippen molar-refractivity contribution >= 4 is 11.8 Å². The minimum absolute atomic E-state index is 0.122. The highest BCUT2D eigenvalue weighted by Gasteiger charge is 2.57. The Morgan fingerprint density at radius 3 is 2.37 bits per heavy atom. The van der Waals surface area contributed by atoms with E-state index in [2.05, 4.69) is 27.7 Å². The molecule has 30 heavy (non-hydrogen) atoms. The van der Waals surface area contributed by atoms with Gasteiger partial charge in [0.15, 0.2) is 11.9 Å². The van der Waals surface area contributed by atoms with Crippen LogP contribution in [0.25, 0.3) is 0 Å². The molecule has 5 heteroatoms. The highest BCUT2D eigenvalue weighted by atomic mass is 16.5. The van der Waals surface area contributed by atoms with E-state index in [4.69, 9.17) is 4.74 Å². The van der Waals surface area contributed by atoms with Crippen LogP contribution in [0.1, 0.15) is 86.0 Å². The van der Waals surface area contributed by atoms with Crippen molar-refractivity contribution in [2.75, 3.05) is 6.61 Å². The molecule has 3 rings (SSSR count). The molecule has 0 saturated heterocycles. The Hall–Kier alpha value is -0.940. The maximum absolute atomic E-state index is 12.3. The number of esters is 1. The number of Topliss-reactive ketones (excluding diaryl/α,β-unsaturated/α-hetero) is 1. The first-order chi connectivity index (χ1) is 14.0. The first-order valence-electron chi connectivity index (χ1n) is 12.0. The zero-order valence-corrected chi connectivity index (χ0v) is 19.5. The lowest BCUT2D eigenvalue weighted by atomic mass is 9.44. The summed E-state index contributed by atoms with van der Waals surface area (Å²) in [5.74, 6) is 2.18. The average Bonchev–Trinajstić information content (AvgIpc) is 2.70. The predicted molar refractivity (Wildman–Crippen MR) is 116 cm³/mol. The van der Waals surface area contributed by atoms with E-state index in [1.165, 1.54) is 38.5 Å². The molecule has 3 aliphatic rings. The van der Waals surface area contributed by atoms with Gasteiger partial charge in [-0.05, 0) is 86.9 Å². The molecule has 8 atom stereocenters. The number of ether oxygens (including phenoxy) is 1. The molecule has 0 aromatic heterocycles. The third kappa shape index (κ3) is 4.34. The number of aliphatic hydroxyl groups excluding tert-OH is 2. The van der Waals surface area contributed by atoms with Crippen LogP contribution in [0.2, 0.25) is 0 Å². The minimum Gasteiger partial charge on any atom is -0.463 e. The summed E-state index contributed by atoms with van der Waals surface area (Å²) in [4.78, 5) is 23.5. The van der Waals surface area contributed by atoms with Gasteiger partial charge in [0.05, 0.1) is 6.61 Å². The molecular weight excluding hydrogens is 380 g/mol. The number of aliphatic hydroxyl groups is 2. The van der Waals surface area contributed by atoms with Gasteiger partial charge in [-0.25, -0.2) is 4.79 Å². The van der Waals surface area contributed by atoms with Crippen molar-refractivity contribution in [1.29, 1.82) is 0 Å². The second-order valence-electron chi connectivity index (χ2n) is 11.4. The van der Waals surface area contributed by atoms with Gasteiger partial charge in [-0.2, -0.15) is 0 Å². The highest BCUT2D eigenvalue weighted by molar-refractivity contribution is 5.88. The SMILES string of the molecule is CC(=O)[C@H](O)[C@@H](O)C(=O)OC[C@@]1(C)CCC[C@@]2(C)C3CCC(C(C)C)CC3CCC12. The normalized spacial score (nSPS) is 40.8. The van der Waals surface area contributed by atoms with Crippen LogP contribution in [0.4, 0.5) is 0 Å². The van der Waals surface area contributed by atoms with Crippen molar-refractivity contribution < 1.29 is 24.5 Å². The molecule has 0 aliphatic heterocycles. The summed E-state index contributed by atoms with van der Waals surface area (Å²) in [7, 11) is 0. The van der Waals surface area contributed by atoms with Crippen LogP contribution in [0.3, 0.4) is 0 Å². The van der Waals surface area contributed by atoms with E-state index in [1.54, 1.807) is 0 Å².